The highest BCUT2D eigenvalue weighted by atomic mass is 35.5. The van der Waals surface area contributed by atoms with Crippen molar-refractivity contribution in [2.75, 3.05) is 13.2 Å². The number of carbonyl (C=O) groups is 2. The van der Waals surface area contributed by atoms with E-state index in [1.807, 2.05) is 0 Å². The number of nitrogens with one attached hydrogen (secondary N) is 1. The molecular weight excluding hydrogens is 387 g/mol. The first-order chi connectivity index (χ1) is 13.3. The van der Waals surface area contributed by atoms with Crippen molar-refractivity contribution in [1.82, 2.24) is 10.2 Å². The van der Waals surface area contributed by atoms with E-state index in [0.717, 1.165) is 4.90 Å². The van der Waals surface area contributed by atoms with E-state index in [9.17, 15) is 19.1 Å². The van der Waals surface area contributed by atoms with Crippen molar-refractivity contribution in [2.24, 2.45) is 0 Å². The molecule has 2 N–H and O–H groups in total. The number of aliphatic hydroxyl groups is 1. The molecule has 6 nitrogen and oxygen atoms in total. The molecule has 2 aromatic carbocycles. The Kier molecular flexibility index (Phi) is 5.98. The van der Waals surface area contributed by atoms with E-state index < -0.39 is 29.4 Å². The van der Waals surface area contributed by atoms with Crippen LogP contribution in [0.4, 0.5) is 9.18 Å². The summed E-state index contributed by atoms with van der Waals surface area (Å²) in [5.74, 6) is -0.877. The third kappa shape index (κ3) is 4.16. The van der Waals surface area contributed by atoms with E-state index in [1.165, 1.54) is 6.07 Å². The Morgan fingerprint density at radius 2 is 1.89 bits per heavy atom. The summed E-state index contributed by atoms with van der Waals surface area (Å²) in [4.78, 5) is 26.0. The van der Waals surface area contributed by atoms with E-state index in [0.29, 0.717) is 16.1 Å². The van der Waals surface area contributed by atoms with E-state index in [4.69, 9.17) is 16.3 Å². The zero-order valence-corrected chi connectivity index (χ0v) is 15.9. The normalized spacial score (nSPS) is 20.4. The van der Waals surface area contributed by atoms with Crippen molar-refractivity contribution >= 4 is 23.5 Å². The molecule has 1 aliphatic heterocycles. The van der Waals surface area contributed by atoms with Gasteiger partial charge in [-0.15, -0.1) is 0 Å². The van der Waals surface area contributed by atoms with Crippen molar-refractivity contribution < 1.29 is 23.8 Å². The Morgan fingerprint density at radius 1 is 1.21 bits per heavy atom. The van der Waals surface area contributed by atoms with Gasteiger partial charge in [0.25, 0.3) is 5.91 Å². The van der Waals surface area contributed by atoms with Gasteiger partial charge in [0, 0.05) is 10.6 Å². The van der Waals surface area contributed by atoms with Crippen LogP contribution in [0.15, 0.2) is 48.5 Å². The number of nitrogens with zero attached hydrogens (tertiary/aromatic N) is 1. The van der Waals surface area contributed by atoms with Crippen molar-refractivity contribution in [2.45, 2.75) is 25.2 Å². The van der Waals surface area contributed by atoms with Gasteiger partial charge in [0.05, 0.1) is 25.9 Å². The largest absolute Gasteiger partial charge is 0.389 e. The molecule has 1 heterocycles. The maximum Gasteiger partial charge on any atom is 0.325 e. The second kappa shape index (κ2) is 8.26. The van der Waals surface area contributed by atoms with E-state index in [-0.39, 0.29) is 19.8 Å². The summed E-state index contributed by atoms with van der Waals surface area (Å²) in [6.45, 7) is 1.19. The number of rotatable bonds is 7. The third-order valence-electron chi connectivity index (χ3n) is 4.62. The number of hydrogen-bond acceptors (Lipinski definition) is 4. The summed E-state index contributed by atoms with van der Waals surface area (Å²) < 4.78 is 18.9. The lowest BCUT2D eigenvalue weighted by Gasteiger charge is -2.23. The van der Waals surface area contributed by atoms with Gasteiger partial charge in [-0.1, -0.05) is 41.9 Å². The van der Waals surface area contributed by atoms with Gasteiger partial charge in [-0.3, -0.25) is 9.69 Å². The summed E-state index contributed by atoms with van der Waals surface area (Å²) in [6, 6.07) is 12.2. The standard InChI is InChI=1S/C20H20ClFN2O4/c1-20(14-6-8-15(21)9-7-14)18(26)24(19(27)23-20)10-16(25)12-28-11-13-4-2-3-5-17(13)22/h2-9,16,25H,10-12H2,1H3,(H,23,27)/t16-,20-/m1/s1. The molecule has 3 amide bonds. The maximum absolute atomic E-state index is 13.6. The van der Waals surface area contributed by atoms with Crippen LogP contribution in [-0.4, -0.2) is 41.2 Å². The second-order valence-corrected chi connectivity index (χ2v) is 7.17. The summed E-state index contributed by atoms with van der Waals surface area (Å²) in [6.07, 6.45) is -1.10. The first-order valence-corrected chi connectivity index (χ1v) is 9.08. The van der Waals surface area contributed by atoms with Crippen LogP contribution in [0, 0.1) is 5.82 Å². The van der Waals surface area contributed by atoms with Gasteiger partial charge in [-0.2, -0.15) is 0 Å². The quantitative estimate of drug-likeness (QED) is 0.693. The Labute approximate surface area is 166 Å². The van der Waals surface area contributed by atoms with Crippen LogP contribution >= 0.6 is 11.6 Å². The molecule has 0 spiro atoms. The minimum Gasteiger partial charge on any atom is -0.389 e. The molecule has 0 aliphatic carbocycles. The molecule has 2 aromatic rings. The van der Waals surface area contributed by atoms with Gasteiger partial charge in [-0.25, -0.2) is 9.18 Å². The lowest BCUT2D eigenvalue weighted by molar-refractivity contribution is -0.132. The van der Waals surface area contributed by atoms with Crippen molar-refractivity contribution in [1.29, 1.82) is 0 Å². The number of hydrogen-bond donors (Lipinski definition) is 2. The number of carbonyl (C=O) groups excluding carboxylic acids is 2. The molecule has 1 fully saturated rings. The van der Waals surface area contributed by atoms with Crippen LogP contribution in [0.25, 0.3) is 0 Å². The van der Waals surface area contributed by atoms with E-state index in [2.05, 4.69) is 5.32 Å². The predicted molar refractivity (Wildman–Crippen MR) is 101 cm³/mol. The third-order valence-corrected chi connectivity index (χ3v) is 4.87. The van der Waals surface area contributed by atoms with E-state index >= 15 is 0 Å². The van der Waals surface area contributed by atoms with Crippen LogP contribution < -0.4 is 5.32 Å². The summed E-state index contributed by atoms with van der Waals surface area (Å²) in [5.41, 5.74) is -0.293. The van der Waals surface area contributed by atoms with Crippen LogP contribution in [0.3, 0.4) is 0 Å². The molecular formula is C20H20ClFN2O4. The molecule has 0 radical (unpaired) electrons. The summed E-state index contributed by atoms with van der Waals surface area (Å²) >= 11 is 5.88. The molecule has 0 unspecified atom stereocenters. The summed E-state index contributed by atoms with van der Waals surface area (Å²) in [7, 11) is 0. The van der Waals surface area contributed by atoms with Crippen LogP contribution in [0.2, 0.25) is 5.02 Å². The van der Waals surface area contributed by atoms with Crippen LogP contribution in [0.5, 0.6) is 0 Å². The van der Waals surface area contributed by atoms with Gasteiger partial charge in [0.1, 0.15) is 11.4 Å². The topological polar surface area (TPSA) is 78.9 Å². The SMILES string of the molecule is C[C@]1(c2ccc(Cl)cc2)NC(=O)N(C[C@@H](O)COCc2ccccc2F)C1=O. The van der Waals surface area contributed by atoms with Crippen molar-refractivity contribution in [3.63, 3.8) is 0 Å². The number of ether oxygens (including phenoxy) is 1. The predicted octanol–water partition coefficient (Wildman–Crippen LogP) is 2.82. The van der Waals surface area contributed by atoms with Crippen molar-refractivity contribution in [3.8, 4) is 0 Å². The molecule has 0 aromatic heterocycles. The molecule has 2 atom stereocenters. The Bertz CT molecular complexity index is 877. The number of β-amino-alcohol motifs (C(OH)–C–C–N with tert-alkyl or cyclic N) is 1. The molecule has 1 aliphatic rings. The fraction of sp³-hybridized carbons (Fsp3) is 0.300. The first kappa shape index (κ1) is 20.3. The van der Waals surface area contributed by atoms with Crippen LogP contribution in [-0.2, 0) is 21.7 Å². The number of amides is 3. The average molecular weight is 407 g/mol. The zero-order valence-electron chi connectivity index (χ0n) is 15.2. The fourth-order valence-electron chi connectivity index (χ4n) is 3.03. The Balaban J connectivity index is 1.59. The van der Waals surface area contributed by atoms with Gasteiger partial charge in [0.2, 0.25) is 0 Å². The molecule has 28 heavy (non-hydrogen) atoms. The summed E-state index contributed by atoms with van der Waals surface area (Å²) in [5, 5.41) is 13.3. The molecule has 0 bridgehead atoms. The van der Waals surface area contributed by atoms with Gasteiger partial charge in [-0.05, 0) is 30.7 Å². The number of halogens is 2. The number of aliphatic hydroxyl groups excluding tert-OH is 1. The number of benzene rings is 2. The number of imide groups is 1. The molecule has 1 saturated heterocycles. The lowest BCUT2D eigenvalue weighted by atomic mass is 9.92. The maximum atomic E-state index is 13.6. The number of urea groups is 1. The monoisotopic (exact) mass is 406 g/mol. The Hall–Kier alpha value is -2.48. The van der Waals surface area contributed by atoms with Gasteiger partial charge >= 0.3 is 6.03 Å². The fourth-order valence-corrected chi connectivity index (χ4v) is 3.15. The van der Waals surface area contributed by atoms with Gasteiger partial charge in [0.15, 0.2) is 0 Å². The first-order valence-electron chi connectivity index (χ1n) is 8.70. The molecule has 148 valence electrons. The average Bonchev–Trinajstić information content (AvgIpc) is 2.88. The molecule has 0 saturated carbocycles. The highest BCUT2D eigenvalue weighted by Crippen LogP contribution is 2.29. The minimum absolute atomic E-state index is 0.0215. The molecule has 3 rings (SSSR count). The highest BCUT2D eigenvalue weighted by Gasteiger charge is 2.49. The van der Waals surface area contributed by atoms with Crippen LogP contribution in [0.1, 0.15) is 18.1 Å². The zero-order chi connectivity index (χ0) is 20.3. The lowest BCUT2D eigenvalue weighted by Crippen LogP contribution is -2.42. The van der Waals surface area contributed by atoms with Crippen molar-refractivity contribution in [3.05, 3.63) is 70.5 Å². The Morgan fingerprint density at radius 3 is 2.57 bits per heavy atom. The van der Waals surface area contributed by atoms with Gasteiger partial charge < -0.3 is 15.2 Å². The molecule has 8 heteroatoms. The highest BCUT2D eigenvalue weighted by molar-refractivity contribution is 6.30. The second-order valence-electron chi connectivity index (χ2n) is 6.74. The van der Waals surface area contributed by atoms with E-state index in [1.54, 1.807) is 49.4 Å². The smallest absolute Gasteiger partial charge is 0.325 e. The minimum atomic E-state index is -1.24.